The summed E-state index contributed by atoms with van der Waals surface area (Å²) in [5.74, 6) is 0. The van der Waals surface area contributed by atoms with Crippen LogP contribution in [0.1, 0.15) is 141 Å². The summed E-state index contributed by atoms with van der Waals surface area (Å²) in [4.78, 5) is -0.129. The molecule has 0 aliphatic heterocycles. The van der Waals surface area contributed by atoms with Crippen LogP contribution in [0.25, 0.3) is 10.8 Å². The molecule has 0 N–H and O–H groups in total. The maximum absolute atomic E-state index is 11.5. The fourth-order valence-corrected chi connectivity index (χ4v) is 5.85. The summed E-state index contributed by atoms with van der Waals surface area (Å²) < 4.78 is 34.6. The predicted octanol–water partition coefficient (Wildman–Crippen LogP) is 6.89. The molecule has 0 saturated heterocycles. The van der Waals surface area contributed by atoms with E-state index in [1.54, 1.807) is 6.07 Å². The van der Waals surface area contributed by atoms with Crippen LogP contribution in [0, 0.1) is 0 Å². The van der Waals surface area contributed by atoms with Gasteiger partial charge in [-0.1, -0.05) is 135 Å². The van der Waals surface area contributed by atoms with Crippen LogP contribution in [0.15, 0.2) is 35.2 Å². The van der Waals surface area contributed by atoms with Gasteiger partial charge in [0.05, 0.1) is 4.90 Å². The van der Waals surface area contributed by atoms with E-state index in [1.165, 1.54) is 133 Å². The Bertz CT molecular complexity index is 971. The summed E-state index contributed by atoms with van der Waals surface area (Å²) in [5.41, 5.74) is 2.77. The van der Waals surface area contributed by atoms with Crippen molar-refractivity contribution in [1.29, 1.82) is 0 Å². The standard InChI is InChI=1S/C32H52O3S.K/c1-3-5-7-9-11-13-15-17-19-21-28-23-24-29-27-30(36(33,34)35)25-26-32(29)31(28)22-20-18-16-14-12-10-8-6-4-2;/h23-27H,3-22H2,1-2H3,(H,33,34,35);/q;+1/p-1. The average Bonchev–Trinajstić information content (AvgIpc) is 2.86. The maximum Gasteiger partial charge on any atom is 1.00 e. The Kier molecular flexibility index (Phi) is 20.1. The van der Waals surface area contributed by atoms with Gasteiger partial charge in [-0.05, 0) is 59.7 Å². The maximum atomic E-state index is 11.5. The van der Waals surface area contributed by atoms with Crippen molar-refractivity contribution in [3.63, 3.8) is 0 Å². The Morgan fingerprint density at radius 2 is 1.05 bits per heavy atom. The Morgan fingerprint density at radius 3 is 1.54 bits per heavy atom. The molecule has 0 aliphatic rings. The van der Waals surface area contributed by atoms with Gasteiger partial charge in [-0.15, -0.1) is 0 Å². The van der Waals surface area contributed by atoms with Crippen LogP contribution in [0.2, 0.25) is 0 Å². The van der Waals surface area contributed by atoms with E-state index in [0.717, 1.165) is 23.6 Å². The van der Waals surface area contributed by atoms with E-state index >= 15 is 0 Å². The van der Waals surface area contributed by atoms with E-state index in [9.17, 15) is 13.0 Å². The van der Waals surface area contributed by atoms with Gasteiger partial charge < -0.3 is 4.55 Å². The van der Waals surface area contributed by atoms with Crippen molar-refractivity contribution in [3.8, 4) is 0 Å². The minimum atomic E-state index is -4.43. The Balaban J connectivity index is 0.00000684. The van der Waals surface area contributed by atoms with E-state index in [4.69, 9.17) is 0 Å². The topological polar surface area (TPSA) is 57.2 Å². The van der Waals surface area contributed by atoms with Crippen LogP contribution in [0.5, 0.6) is 0 Å². The molecule has 5 heteroatoms. The van der Waals surface area contributed by atoms with Gasteiger partial charge >= 0.3 is 51.4 Å². The molecule has 204 valence electrons. The van der Waals surface area contributed by atoms with Crippen molar-refractivity contribution >= 4 is 20.9 Å². The Morgan fingerprint density at radius 1 is 0.595 bits per heavy atom. The molecular weight excluding hydrogens is 504 g/mol. The van der Waals surface area contributed by atoms with E-state index in [2.05, 4.69) is 19.9 Å². The largest absolute Gasteiger partial charge is 1.00 e. The molecule has 0 spiro atoms. The van der Waals surface area contributed by atoms with Gasteiger partial charge in [0.2, 0.25) is 0 Å². The molecule has 0 atom stereocenters. The van der Waals surface area contributed by atoms with Gasteiger partial charge in [0.15, 0.2) is 0 Å². The van der Waals surface area contributed by atoms with Crippen LogP contribution < -0.4 is 51.4 Å². The van der Waals surface area contributed by atoms with Crippen LogP contribution in [0.4, 0.5) is 0 Å². The fourth-order valence-electron chi connectivity index (χ4n) is 5.34. The summed E-state index contributed by atoms with van der Waals surface area (Å²) in [6, 6.07) is 9.10. The number of hydrogen-bond donors (Lipinski definition) is 0. The molecule has 0 unspecified atom stereocenters. The van der Waals surface area contributed by atoms with Gasteiger partial charge in [-0.25, -0.2) is 8.42 Å². The minimum absolute atomic E-state index is 0. The predicted molar refractivity (Wildman–Crippen MR) is 154 cm³/mol. The molecule has 0 radical (unpaired) electrons. The van der Waals surface area contributed by atoms with Crippen LogP contribution >= 0.6 is 0 Å². The number of rotatable bonds is 21. The number of fused-ring (bicyclic) bond motifs is 1. The molecule has 0 fully saturated rings. The molecule has 2 rings (SSSR count). The van der Waals surface area contributed by atoms with E-state index in [1.807, 2.05) is 12.1 Å². The van der Waals surface area contributed by atoms with Crippen molar-refractivity contribution in [3.05, 3.63) is 41.5 Å². The molecular formula is C32H51KO3S. The van der Waals surface area contributed by atoms with Crippen molar-refractivity contribution < 1.29 is 64.4 Å². The van der Waals surface area contributed by atoms with E-state index < -0.39 is 10.1 Å². The van der Waals surface area contributed by atoms with Crippen molar-refractivity contribution in [2.24, 2.45) is 0 Å². The number of unbranched alkanes of at least 4 members (excludes halogenated alkanes) is 16. The van der Waals surface area contributed by atoms with Gasteiger partial charge in [0, 0.05) is 0 Å². The van der Waals surface area contributed by atoms with Gasteiger partial charge in [0.25, 0.3) is 0 Å². The second-order valence-corrected chi connectivity index (χ2v) is 12.1. The second kappa shape index (κ2) is 21.1. The molecule has 0 heterocycles. The van der Waals surface area contributed by atoms with Crippen LogP contribution in [-0.2, 0) is 23.0 Å². The zero-order valence-corrected chi connectivity index (χ0v) is 28.1. The Labute approximate surface area is 271 Å². The zero-order chi connectivity index (χ0) is 26.1. The molecule has 0 saturated carbocycles. The van der Waals surface area contributed by atoms with E-state index in [0.29, 0.717) is 0 Å². The van der Waals surface area contributed by atoms with Gasteiger partial charge in [-0.2, -0.15) is 0 Å². The van der Waals surface area contributed by atoms with Crippen molar-refractivity contribution in [2.75, 3.05) is 0 Å². The molecule has 2 aromatic rings. The summed E-state index contributed by atoms with van der Waals surface area (Å²) >= 11 is 0. The van der Waals surface area contributed by atoms with E-state index in [-0.39, 0.29) is 56.3 Å². The summed E-state index contributed by atoms with van der Waals surface area (Å²) in [7, 11) is -4.43. The summed E-state index contributed by atoms with van der Waals surface area (Å²) in [5, 5.41) is 1.99. The SMILES string of the molecule is CCCCCCCCCCCc1ccc2cc(S(=O)(=O)[O-])ccc2c1CCCCCCCCCCC.[K+]. The Hall–Kier alpha value is 0.246. The first-order valence-corrected chi connectivity index (χ1v) is 16.4. The molecule has 3 nitrogen and oxygen atoms in total. The third-order valence-electron chi connectivity index (χ3n) is 7.57. The normalized spacial score (nSPS) is 11.6. The van der Waals surface area contributed by atoms with Crippen molar-refractivity contribution in [2.45, 2.75) is 147 Å². The average molecular weight is 555 g/mol. The summed E-state index contributed by atoms with van der Waals surface area (Å²) in [6.07, 6.45) is 25.8. The molecule has 0 amide bonds. The molecule has 0 bridgehead atoms. The fraction of sp³-hybridized carbons (Fsp3) is 0.688. The number of hydrogen-bond acceptors (Lipinski definition) is 3. The number of benzene rings is 2. The number of aryl methyl sites for hydroxylation is 2. The zero-order valence-electron chi connectivity index (χ0n) is 24.2. The first-order valence-electron chi connectivity index (χ1n) is 15.0. The molecule has 2 aromatic carbocycles. The van der Waals surface area contributed by atoms with Gasteiger partial charge in [0.1, 0.15) is 10.1 Å². The minimum Gasteiger partial charge on any atom is -0.744 e. The second-order valence-electron chi connectivity index (χ2n) is 10.7. The molecule has 0 aromatic heterocycles. The third kappa shape index (κ3) is 14.4. The van der Waals surface area contributed by atoms with Crippen LogP contribution in [-0.4, -0.2) is 13.0 Å². The third-order valence-corrected chi connectivity index (χ3v) is 8.40. The smallest absolute Gasteiger partial charge is 0.744 e. The van der Waals surface area contributed by atoms with Crippen LogP contribution in [0.3, 0.4) is 0 Å². The quantitative estimate of drug-likeness (QED) is 0.0958. The molecule has 0 aliphatic carbocycles. The first kappa shape index (κ1) is 35.3. The monoisotopic (exact) mass is 554 g/mol. The van der Waals surface area contributed by atoms with Crippen molar-refractivity contribution in [1.82, 2.24) is 0 Å². The van der Waals surface area contributed by atoms with Gasteiger partial charge in [-0.3, -0.25) is 0 Å². The summed E-state index contributed by atoms with van der Waals surface area (Å²) in [6.45, 7) is 4.53. The first-order chi connectivity index (χ1) is 17.5. The molecule has 37 heavy (non-hydrogen) atoms.